The fraction of sp³-hybridized carbons (Fsp3) is 0.600. The van der Waals surface area contributed by atoms with E-state index >= 15 is 0 Å². The maximum Gasteiger partial charge on any atom is 0.0614 e. The minimum Gasteiger partial charge on any atom is -0.395 e. The predicted molar refractivity (Wildman–Crippen MR) is 98.3 cm³/mol. The van der Waals surface area contributed by atoms with E-state index < -0.39 is 10.8 Å². The van der Waals surface area contributed by atoms with Crippen molar-refractivity contribution < 1.29 is 14.9 Å². The number of hydrogen-bond donors (Lipinski definition) is 2. The molecule has 0 fully saturated rings. The Kier molecular flexibility index (Phi) is 11.7. The van der Waals surface area contributed by atoms with Gasteiger partial charge in [0.15, 0.2) is 0 Å². The van der Waals surface area contributed by atoms with Crippen LogP contribution >= 0.6 is 0 Å². The zero-order chi connectivity index (χ0) is 17.6. The lowest BCUT2D eigenvalue weighted by Gasteiger charge is -2.29. The van der Waals surface area contributed by atoms with E-state index in [-0.39, 0.29) is 13.2 Å². The third-order valence-electron chi connectivity index (χ3n) is 3.70. The Bertz CT molecular complexity index is 379. The maximum absolute atomic E-state index is 9.86. The molecule has 0 aliphatic carbocycles. The lowest BCUT2D eigenvalue weighted by molar-refractivity contribution is 0.0162. The first-order chi connectivity index (χ1) is 11.1. The third-order valence-corrected chi connectivity index (χ3v) is 3.70. The maximum atomic E-state index is 9.86. The van der Waals surface area contributed by atoms with Gasteiger partial charge >= 0.3 is 0 Å². The van der Waals surface area contributed by atoms with E-state index in [1.807, 2.05) is 50.3 Å². The van der Waals surface area contributed by atoms with Gasteiger partial charge in [-0.05, 0) is 26.7 Å². The Morgan fingerprint density at radius 1 is 0.739 bits per heavy atom. The molecular formula is C20H34O3. The van der Waals surface area contributed by atoms with Gasteiger partial charge in [0.25, 0.3) is 0 Å². The Morgan fingerprint density at radius 2 is 1.13 bits per heavy atom. The van der Waals surface area contributed by atoms with Crippen LogP contribution in [0.1, 0.15) is 40.5 Å². The van der Waals surface area contributed by atoms with Crippen molar-refractivity contribution in [1.29, 1.82) is 0 Å². The average molecular weight is 322 g/mol. The monoisotopic (exact) mass is 322 g/mol. The van der Waals surface area contributed by atoms with E-state index in [9.17, 15) is 10.2 Å². The molecule has 3 heteroatoms. The summed E-state index contributed by atoms with van der Waals surface area (Å²) < 4.78 is 5.92. The van der Waals surface area contributed by atoms with Crippen LogP contribution in [0.15, 0.2) is 48.6 Å². The van der Waals surface area contributed by atoms with Gasteiger partial charge in [-0.3, -0.25) is 0 Å². The van der Waals surface area contributed by atoms with Gasteiger partial charge in [0.05, 0.1) is 37.3 Å². The summed E-state index contributed by atoms with van der Waals surface area (Å²) in [5.41, 5.74) is -1.01. The molecule has 0 aliphatic heterocycles. The largest absolute Gasteiger partial charge is 0.395 e. The molecule has 0 amide bonds. The van der Waals surface area contributed by atoms with E-state index in [1.165, 1.54) is 0 Å². The molecule has 0 heterocycles. The summed E-state index contributed by atoms with van der Waals surface area (Å²) in [6, 6.07) is 0. The summed E-state index contributed by atoms with van der Waals surface area (Å²) in [5.74, 6) is 0. The Labute approximate surface area is 142 Å². The van der Waals surface area contributed by atoms with Crippen molar-refractivity contribution in [2.75, 3.05) is 26.4 Å². The predicted octanol–water partition coefficient (Wildman–Crippen LogP) is 4.05. The number of aliphatic hydroxyl groups is 2. The molecule has 23 heavy (non-hydrogen) atoms. The van der Waals surface area contributed by atoms with Crippen LogP contribution in [-0.2, 0) is 4.74 Å². The molecule has 0 spiro atoms. The number of allylic oxidation sites excluding steroid dienone is 4. The molecule has 2 N–H and O–H groups in total. The van der Waals surface area contributed by atoms with E-state index in [2.05, 4.69) is 26.0 Å². The number of hydrogen-bond acceptors (Lipinski definition) is 3. The zero-order valence-corrected chi connectivity index (χ0v) is 15.2. The normalized spacial score (nSPS) is 18.3. The van der Waals surface area contributed by atoms with Crippen LogP contribution in [0.5, 0.6) is 0 Å². The van der Waals surface area contributed by atoms with Crippen molar-refractivity contribution in [2.24, 2.45) is 10.8 Å². The molecule has 0 aromatic carbocycles. The van der Waals surface area contributed by atoms with Crippen LogP contribution in [0.3, 0.4) is 0 Å². The van der Waals surface area contributed by atoms with Crippen molar-refractivity contribution >= 4 is 0 Å². The summed E-state index contributed by atoms with van der Waals surface area (Å²) in [5, 5.41) is 19.6. The van der Waals surface area contributed by atoms with Gasteiger partial charge in [-0.2, -0.15) is 0 Å². The summed E-state index contributed by atoms with van der Waals surface area (Å²) in [4.78, 5) is 0. The molecule has 0 aromatic rings. The molecule has 0 saturated carbocycles. The smallest absolute Gasteiger partial charge is 0.0614 e. The standard InChI is InChI=1S/C20H34O3/c1-5-9-13-20(16-22,14-10-6-2)18-23-17-19(15-21,11-7-3)12-8-4/h7-14,21-22H,5-6,15-18H2,1-4H3. The molecule has 0 rings (SSSR count). The zero-order valence-electron chi connectivity index (χ0n) is 15.2. The van der Waals surface area contributed by atoms with Gasteiger partial charge in [-0.1, -0.05) is 62.5 Å². The highest BCUT2D eigenvalue weighted by Crippen LogP contribution is 2.26. The van der Waals surface area contributed by atoms with Crippen molar-refractivity contribution in [2.45, 2.75) is 40.5 Å². The molecule has 0 bridgehead atoms. The van der Waals surface area contributed by atoms with Crippen LogP contribution in [0, 0.1) is 10.8 Å². The molecule has 0 atom stereocenters. The second-order valence-electron chi connectivity index (χ2n) is 5.90. The molecule has 0 radical (unpaired) electrons. The highest BCUT2D eigenvalue weighted by molar-refractivity contribution is 5.13. The van der Waals surface area contributed by atoms with Gasteiger partial charge < -0.3 is 14.9 Å². The van der Waals surface area contributed by atoms with Gasteiger partial charge in [0.1, 0.15) is 0 Å². The molecule has 0 saturated heterocycles. The van der Waals surface area contributed by atoms with Gasteiger partial charge in [0, 0.05) is 0 Å². The van der Waals surface area contributed by atoms with E-state index in [4.69, 9.17) is 4.74 Å². The molecule has 3 nitrogen and oxygen atoms in total. The SMILES string of the molecule is CC=CC(C=CC)(CO)COCC(C=CCC)(C=CCC)CO. The average Bonchev–Trinajstić information content (AvgIpc) is 2.57. The minimum absolute atomic E-state index is 0.000636. The van der Waals surface area contributed by atoms with Crippen molar-refractivity contribution in [3.8, 4) is 0 Å². The number of ether oxygens (including phenoxy) is 1. The quantitative estimate of drug-likeness (QED) is 0.533. The van der Waals surface area contributed by atoms with E-state index in [0.717, 1.165) is 12.8 Å². The highest BCUT2D eigenvalue weighted by Gasteiger charge is 2.27. The first-order valence-corrected chi connectivity index (χ1v) is 8.50. The second-order valence-corrected chi connectivity index (χ2v) is 5.90. The third kappa shape index (κ3) is 7.78. The van der Waals surface area contributed by atoms with Crippen molar-refractivity contribution in [3.05, 3.63) is 48.6 Å². The van der Waals surface area contributed by atoms with Crippen molar-refractivity contribution in [3.63, 3.8) is 0 Å². The summed E-state index contributed by atoms with van der Waals surface area (Å²) in [7, 11) is 0. The van der Waals surface area contributed by atoms with Crippen LogP contribution in [-0.4, -0.2) is 36.6 Å². The summed E-state index contributed by atoms with van der Waals surface area (Å²) in [6.45, 7) is 8.74. The Hall–Kier alpha value is -1.16. The first-order valence-electron chi connectivity index (χ1n) is 8.50. The number of aliphatic hydroxyl groups excluding tert-OH is 2. The molecule has 0 unspecified atom stereocenters. The fourth-order valence-electron chi connectivity index (χ4n) is 2.41. The van der Waals surface area contributed by atoms with Gasteiger partial charge in [-0.15, -0.1) is 0 Å². The minimum atomic E-state index is -0.506. The Morgan fingerprint density at radius 3 is 1.43 bits per heavy atom. The van der Waals surface area contributed by atoms with Gasteiger partial charge in [0.2, 0.25) is 0 Å². The van der Waals surface area contributed by atoms with E-state index in [0.29, 0.717) is 13.2 Å². The summed E-state index contributed by atoms with van der Waals surface area (Å²) >= 11 is 0. The fourth-order valence-corrected chi connectivity index (χ4v) is 2.41. The first kappa shape index (κ1) is 21.8. The van der Waals surface area contributed by atoms with Crippen molar-refractivity contribution in [1.82, 2.24) is 0 Å². The van der Waals surface area contributed by atoms with Crippen LogP contribution < -0.4 is 0 Å². The van der Waals surface area contributed by atoms with Gasteiger partial charge in [-0.25, -0.2) is 0 Å². The second kappa shape index (κ2) is 12.3. The summed E-state index contributed by atoms with van der Waals surface area (Å²) in [6.07, 6.45) is 17.7. The van der Waals surface area contributed by atoms with Crippen LogP contribution in [0.2, 0.25) is 0 Å². The molecule has 132 valence electrons. The highest BCUT2D eigenvalue weighted by atomic mass is 16.5. The lowest BCUT2D eigenvalue weighted by atomic mass is 9.87. The topological polar surface area (TPSA) is 49.7 Å². The Balaban J connectivity index is 5.09. The molecular weight excluding hydrogens is 288 g/mol. The lowest BCUT2D eigenvalue weighted by Crippen LogP contribution is -2.32. The number of rotatable bonds is 12. The molecule has 0 aliphatic rings. The molecule has 0 aromatic heterocycles. The van der Waals surface area contributed by atoms with Crippen LogP contribution in [0.25, 0.3) is 0 Å². The van der Waals surface area contributed by atoms with Crippen LogP contribution in [0.4, 0.5) is 0 Å². The van der Waals surface area contributed by atoms with E-state index in [1.54, 1.807) is 0 Å².